The molecule has 144 valence electrons. The highest BCUT2D eigenvalue weighted by Crippen LogP contribution is 2.43. The van der Waals surface area contributed by atoms with Crippen LogP contribution in [0, 0.1) is 32.6 Å². The van der Waals surface area contributed by atoms with Crippen molar-refractivity contribution in [2.75, 3.05) is 19.6 Å². The van der Waals surface area contributed by atoms with Gasteiger partial charge in [-0.3, -0.25) is 4.79 Å². The summed E-state index contributed by atoms with van der Waals surface area (Å²) in [4.78, 5) is 20.5. The van der Waals surface area contributed by atoms with Gasteiger partial charge in [0.2, 0.25) is 0 Å². The van der Waals surface area contributed by atoms with Gasteiger partial charge in [0.1, 0.15) is 5.56 Å². The van der Waals surface area contributed by atoms with Crippen molar-refractivity contribution in [3.05, 3.63) is 64.6 Å². The highest BCUT2D eigenvalue weighted by molar-refractivity contribution is 6.01. The fraction of sp³-hybridized carbons (Fsp3) is 0.409. The zero-order valence-corrected chi connectivity index (χ0v) is 16.5. The van der Waals surface area contributed by atoms with E-state index in [0.717, 1.165) is 36.7 Å². The third kappa shape index (κ3) is 2.55. The average molecular weight is 375 g/mol. The minimum Gasteiger partial charge on any atom is -0.331 e. The van der Waals surface area contributed by atoms with E-state index in [9.17, 15) is 4.79 Å². The smallest absolute Gasteiger partial charge is 0.260 e. The van der Waals surface area contributed by atoms with Gasteiger partial charge in [-0.1, -0.05) is 30.3 Å². The number of hydrogen-bond acceptors (Lipinski definition) is 4. The van der Waals surface area contributed by atoms with Gasteiger partial charge in [-0.05, 0) is 38.3 Å². The van der Waals surface area contributed by atoms with Crippen molar-refractivity contribution in [2.24, 2.45) is 11.8 Å². The van der Waals surface area contributed by atoms with Crippen LogP contribution in [0.15, 0.2) is 36.4 Å². The molecule has 28 heavy (non-hydrogen) atoms. The molecule has 2 aromatic heterocycles. The number of fused-ring (bicyclic) bond motifs is 2. The van der Waals surface area contributed by atoms with Gasteiger partial charge in [-0.25, -0.2) is 9.50 Å². The summed E-state index contributed by atoms with van der Waals surface area (Å²) in [5.41, 5.74) is 5.16. The fourth-order valence-electron chi connectivity index (χ4n) is 5.03. The topological polar surface area (TPSA) is 62.5 Å². The van der Waals surface area contributed by atoms with Crippen LogP contribution in [0.4, 0.5) is 0 Å². The lowest BCUT2D eigenvalue weighted by molar-refractivity contribution is 0.0715. The van der Waals surface area contributed by atoms with Crippen LogP contribution < -0.4 is 5.32 Å². The molecule has 2 saturated heterocycles. The molecule has 0 aliphatic carbocycles. The Kier molecular flexibility index (Phi) is 3.98. The second-order valence-electron chi connectivity index (χ2n) is 8.13. The molecule has 2 fully saturated rings. The average Bonchev–Trinajstić information content (AvgIpc) is 3.34. The van der Waals surface area contributed by atoms with E-state index >= 15 is 0 Å². The zero-order chi connectivity index (χ0) is 19.4. The molecule has 6 nitrogen and oxygen atoms in total. The molecule has 3 atom stereocenters. The Morgan fingerprint density at radius 1 is 1.14 bits per heavy atom. The highest BCUT2D eigenvalue weighted by atomic mass is 16.2. The predicted molar refractivity (Wildman–Crippen MR) is 107 cm³/mol. The monoisotopic (exact) mass is 375 g/mol. The van der Waals surface area contributed by atoms with Crippen molar-refractivity contribution in [1.29, 1.82) is 0 Å². The Labute approximate surface area is 164 Å². The second kappa shape index (κ2) is 6.41. The van der Waals surface area contributed by atoms with Crippen molar-refractivity contribution in [1.82, 2.24) is 24.8 Å². The SMILES string of the molecule is Cc1cc(C)n2nc(C)c(C(=O)N3C[C@@H]4CNC[C@@H]4[C@@H]3c3ccccc3)c2n1. The number of rotatable bonds is 2. The number of hydrogen-bond donors (Lipinski definition) is 1. The van der Waals surface area contributed by atoms with E-state index in [4.69, 9.17) is 0 Å². The molecule has 0 spiro atoms. The number of amides is 1. The third-order valence-corrected chi connectivity index (χ3v) is 6.25. The number of benzene rings is 1. The van der Waals surface area contributed by atoms with Gasteiger partial charge in [0, 0.05) is 36.9 Å². The summed E-state index contributed by atoms with van der Waals surface area (Å²) in [7, 11) is 0. The molecule has 5 rings (SSSR count). The van der Waals surface area contributed by atoms with Crippen LogP contribution in [-0.2, 0) is 0 Å². The number of carbonyl (C=O) groups is 1. The van der Waals surface area contributed by atoms with Crippen LogP contribution in [0.5, 0.6) is 0 Å². The number of likely N-dealkylation sites (tertiary alicyclic amines) is 1. The van der Waals surface area contributed by atoms with Crippen molar-refractivity contribution >= 4 is 11.6 Å². The van der Waals surface area contributed by atoms with Crippen LogP contribution >= 0.6 is 0 Å². The van der Waals surface area contributed by atoms with E-state index in [2.05, 4.69) is 44.6 Å². The Bertz CT molecular complexity index is 1060. The quantitative estimate of drug-likeness (QED) is 0.748. The second-order valence-corrected chi connectivity index (χ2v) is 8.13. The summed E-state index contributed by atoms with van der Waals surface area (Å²) in [6, 6.07) is 12.5. The summed E-state index contributed by atoms with van der Waals surface area (Å²) >= 11 is 0. The predicted octanol–water partition coefficient (Wildman–Crippen LogP) is 2.69. The lowest BCUT2D eigenvalue weighted by Gasteiger charge is -2.28. The molecule has 1 N–H and O–H groups in total. The molecule has 0 unspecified atom stereocenters. The van der Waals surface area contributed by atoms with Gasteiger partial charge in [0.05, 0.1) is 11.7 Å². The van der Waals surface area contributed by atoms with E-state index in [1.807, 2.05) is 32.9 Å². The maximum atomic E-state index is 13.8. The van der Waals surface area contributed by atoms with E-state index in [-0.39, 0.29) is 11.9 Å². The van der Waals surface area contributed by atoms with Crippen LogP contribution in [0.25, 0.3) is 5.65 Å². The Hall–Kier alpha value is -2.73. The summed E-state index contributed by atoms with van der Waals surface area (Å²) in [5.74, 6) is 0.992. The Balaban J connectivity index is 1.61. The fourth-order valence-corrected chi connectivity index (χ4v) is 5.03. The molecule has 6 heteroatoms. The maximum absolute atomic E-state index is 13.8. The molecule has 1 amide bonds. The van der Waals surface area contributed by atoms with E-state index in [0.29, 0.717) is 23.0 Å². The number of aryl methyl sites for hydroxylation is 3. The van der Waals surface area contributed by atoms with Gasteiger partial charge in [-0.15, -0.1) is 0 Å². The van der Waals surface area contributed by atoms with Crippen LogP contribution in [0.3, 0.4) is 0 Å². The molecule has 0 radical (unpaired) electrons. The normalized spacial score (nSPS) is 24.1. The summed E-state index contributed by atoms with van der Waals surface area (Å²) in [6.07, 6.45) is 0. The van der Waals surface area contributed by atoms with Crippen molar-refractivity contribution < 1.29 is 4.79 Å². The first-order valence-corrected chi connectivity index (χ1v) is 9.95. The van der Waals surface area contributed by atoms with E-state index in [1.54, 1.807) is 4.52 Å². The lowest BCUT2D eigenvalue weighted by Crippen LogP contribution is -2.35. The van der Waals surface area contributed by atoms with Crippen LogP contribution in [0.1, 0.15) is 39.0 Å². The Morgan fingerprint density at radius 2 is 1.93 bits per heavy atom. The molecule has 3 aromatic rings. The Morgan fingerprint density at radius 3 is 2.71 bits per heavy atom. The largest absolute Gasteiger partial charge is 0.331 e. The molecule has 0 bridgehead atoms. The van der Waals surface area contributed by atoms with E-state index < -0.39 is 0 Å². The third-order valence-electron chi connectivity index (χ3n) is 6.25. The maximum Gasteiger partial charge on any atom is 0.260 e. The molecule has 0 saturated carbocycles. The van der Waals surface area contributed by atoms with Crippen molar-refractivity contribution in [3.63, 3.8) is 0 Å². The summed E-state index contributed by atoms with van der Waals surface area (Å²) in [5, 5.41) is 8.12. The van der Waals surface area contributed by atoms with Gasteiger partial charge < -0.3 is 10.2 Å². The number of nitrogens with zero attached hydrogens (tertiary/aromatic N) is 4. The van der Waals surface area contributed by atoms with E-state index in [1.165, 1.54) is 5.56 Å². The highest BCUT2D eigenvalue weighted by Gasteiger charge is 2.47. The van der Waals surface area contributed by atoms with Gasteiger partial charge in [-0.2, -0.15) is 5.10 Å². The first-order chi connectivity index (χ1) is 13.5. The van der Waals surface area contributed by atoms with Crippen LogP contribution in [0.2, 0.25) is 0 Å². The van der Waals surface area contributed by atoms with Gasteiger partial charge in [0.15, 0.2) is 5.65 Å². The van der Waals surface area contributed by atoms with Crippen molar-refractivity contribution in [2.45, 2.75) is 26.8 Å². The first kappa shape index (κ1) is 17.4. The van der Waals surface area contributed by atoms with Gasteiger partial charge in [0.25, 0.3) is 5.91 Å². The van der Waals surface area contributed by atoms with Crippen LogP contribution in [-0.4, -0.2) is 45.0 Å². The zero-order valence-electron chi connectivity index (χ0n) is 16.5. The lowest BCUT2D eigenvalue weighted by atomic mass is 9.89. The molecule has 4 heterocycles. The summed E-state index contributed by atoms with van der Waals surface area (Å²) < 4.78 is 1.80. The van der Waals surface area contributed by atoms with Gasteiger partial charge >= 0.3 is 0 Å². The number of nitrogens with one attached hydrogen (secondary N) is 1. The first-order valence-electron chi connectivity index (χ1n) is 9.95. The molecule has 1 aromatic carbocycles. The standard InChI is InChI=1S/C22H25N5O/c1-13-9-14(2)27-21(24-13)19(15(3)25-27)22(28)26-12-17-10-23-11-18(17)20(26)16-7-5-4-6-8-16/h4-9,17-18,20,23H,10-12H2,1-3H3/t17-,18-,20-/m0/s1. The van der Waals surface area contributed by atoms with Crippen molar-refractivity contribution in [3.8, 4) is 0 Å². The molecular weight excluding hydrogens is 350 g/mol. The number of carbonyl (C=O) groups excluding carboxylic acids is 1. The number of aromatic nitrogens is 3. The minimum absolute atomic E-state index is 0.0493. The summed E-state index contributed by atoms with van der Waals surface area (Å²) in [6.45, 7) is 8.58. The molecular formula is C22H25N5O. The molecule has 2 aliphatic rings. The minimum atomic E-state index is 0.0493. The molecule has 2 aliphatic heterocycles.